The normalized spacial score (nSPS) is 13.7. The molecule has 2 heterocycles. The van der Waals surface area contributed by atoms with Crippen molar-refractivity contribution in [2.75, 3.05) is 36.8 Å². The quantitative estimate of drug-likeness (QED) is 0.879. The number of halogens is 3. The topological polar surface area (TPSA) is 62.5 Å². The largest absolute Gasteiger partial charge is 0.398 e. The highest BCUT2D eigenvalue weighted by molar-refractivity contribution is 5.98. The molecule has 5 nitrogen and oxygen atoms in total. The molecule has 0 aliphatic carbocycles. The Labute approximate surface area is 152 Å². The number of hydrogen-bond donors (Lipinski definition) is 1. The van der Waals surface area contributed by atoms with Crippen molar-refractivity contribution in [3.63, 3.8) is 0 Å². The van der Waals surface area contributed by atoms with Crippen LogP contribution in [0.15, 0.2) is 42.7 Å². The summed E-state index contributed by atoms with van der Waals surface area (Å²) in [6.07, 6.45) is 3.07. The van der Waals surface area contributed by atoms with Crippen LogP contribution in [0.5, 0.6) is 0 Å². The fourth-order valence-corrected chi connectivity index (χ4v) is 2.57. The van der Waals surface area contributed by atoms with Crippen LogP contribution < -0.4 is 10.6 Å². The molecule has 1 aliphatic rings. The van der Waals surface area contributed by atoms with E-state index in [4.69, 9.17) is 5.73 Å². The molecular formula is C16H19Cl2FN4O. The first-order valence-corrected chi connectivity index (χ1v) is 7.14. The van der Waals surface area contributed by atoms with Gasteiger partial charge < -0.3 is 15.5 Å². The molecule has 0 atom stereocenters. The summed E-state index contributed by atoms with van der Waals surface area (Å²) >= 11 is 0. The van der Waals surface area contributed by atoms with Crippen LogP contribution in [-0.4, -0.2) is 42.0 Å². The number of nitrogens with zero attached hydrogens (tertiary/aromatic N) is 3. The van der Waals surface area contributed by atoms with Crippen molar-refractivity contribution in [2.24, 2.45) is 0 Å². The van der Waals surface area contributed by atoms with Crippen molar-refractivity contribution in [1.29, 1.82) is 0 Å². The van der Waals surface area contributed by atoms with E-state index < -0.39 is 0 Å². The summed E-state index contributed by atoms with van der Waals surface area (Å²) in [5, 5.41) is 0. The van der Waals surface area contributed by atoms with Crippen LogP contribution in [0.4, 0.5) is 15.8 Å². The highest BCUT2D eigenvalue weighted by Gasteiger charge is 2.23. The van der Waals surface area contributed by atoms with Crippen LogP contribution in [0.25, 0.3) is 0 Å². The Kier molecular flexibility index (Phi) is 7.25. The van der Waals surface area contributed by atoms with Crippen molar-refractivity contribution < 1.29 is 9.18 Å². The Morgan fingerprint density at radius 3 is 2.25 bits per heavy atom. The number of hydrogen-bond acceptors (Lipinski definition) is 4. The average molecular weight is 373 g/mol. The summed E-state index contributed by atoms with van der Waals surface area (Å²) < 4.78 is 13.0. The van der Waals surface area contributed by atoms with Gasteiger partial charge in [0.25, 0.3) is 5.91 Å². The number of anilines is 2. The summed E-state index contributed by atoms with van der Waals surface area (Å²) in [5.41, 5.74) is 7.68. The maximum atomic E-state index is 13.0. The molecule has 0 unspecified atom stereocenters. The van der Waals surface area contributed by atoms with Crippen LogP contribution in [-0.2, 0) is 0 Å². The predicted octanol–water partition coefficient (Wildman–Crippen LogP) is 2.61. The van der Waals surface area contributed by atoms with Gasteiger partial charge in [0.15, 0.2) is 0 Å². The number of carbonyl (C=O) groups is 1. The number of nitrogens with two attached hydrogens (primary N) is 1. The standard InChI is InChI=1S/C16H17FN4O.2ClH/c17-12-1-3-13(4-2-12)20-7-9-21(10-8-20)16(22)14-11-19-6-5-15(14)18;;/h1-6,11H,7-10H2,(H2,18,19);2*1H. The Morgan fingerprint density at radius 1 is 1.04 bits per heavy atom. The van der Waals surface area contributed by atoms with E-state index in [1.807, 2.05) is 0 Å². The van der Waals surface area contributed by atoms with Gasteiger partial charge in [-0.1, -0.05) is 0 Å². The van der Waals surface area contributed by atoms with Gasteiger partial charge in [-0.3, -0.25) is 9.78 Å². The van der Waals surface area contributed by atoms with Gasteiger partial charge in [0, 0.05) is 49.9 Å². The number of pyridine rings is 1. The third kappa shape index (κ3) is 4.27. The van der Waals surface area contributed by atoms with Gasteiger partial charge in [0.05, 0.1) is 5.56 Å². The number of aromatic nitrogens is 1. The number of rotatable bonds is 2. The van der Waals surface area contributed by atoms with E-state index in [0.717, 1.165) is 5.69 Å². The lowest BCUT2D eigenvalue weighted by molar-refractivity contribution is 0.0747. The molecule has 8 heteroatoms. The van der Waals surface area contributed by atoms with E-state index in [1.54, 1.807) is 29.3 Å². The Morgan fingerprint density at radius 2 is 1.67 bits per heavy atom. The highest BCUT2D eigenvalue weighted by atomic mass is 35.5. The first-order chi connectivity index (χ1) is 10.6. The molecule has 0 spiro atoms. The minimum absolute atomic E-state index is 0. The molecule has 0 bridgehead atoms. The second kappa shape index (κ2) is 8.70. The summed E-state index contributed by atoms with van der Waals surface area (Å²) in [6, 6.07) is 8.03. The SMILES string of the molecule is Cl.Cl.Nc1ccncc1C(=O)N1CCN(c2ccc(F)cc2)CC1. The number of carbonyl (C=O) groups excluding carboxylic acids is 1. The van der Waals surface area contributed by atoms with E-state index in [1.165, 1.54) is 18.3 Å². The first kappa shape index (κ1) is 20.0. The zero-order valence-electron chi connectivity index (χ0n) is 12.9. The molecule has 24 heavy (non-hydrogen) atoms. The molecule has 1 amide bonds. The zero-order chi connectivity index (χ0) is 15.5. The van der Waals surface area contributed by atoms with E-state index in [9.17, 15) is 9.18 Å². The fourth-order valence-electron chi connectivity index (χ4n) is 2.57. The summed E-state index contributed by atoms with van der Waals surface area (Å²) in [6.45, 7) is 2.62. The Hall–Kier alpha value is -2.05. The molecule has 130 valence electrons. The van der Waals surface area contributed by atoms with Gasteiger partial charge in [-0.2, -0.15) is 0 Å². The van der Waals surface area contributed by atoms with Crippen LogP contribution in [0.1, 0.15) is 10.4 Å². The molecule has 0 saturated carbocycles. The molecule has 2 N–H and O–H groups in total. The molecule has 1 saturated heterocycles. The lowest BCUT2D eigenvalue weighted by atomic mass is 10.2. The van der Waals surface area contributed by atoms with Gasteiger partial charge in [-0.05, 0) is 30.3 Å². The van der Waals surface area contributed by atoms with E-state index in [0.29, 0.717) is 37.4 Å². The lowest BCUT2D eigenvalue weighted by Crippen LogP contribution is -2.49. The van der Waals surface area contributed by atoms with Crippen LogP contribution in [0.3, 0.4) is 0 Å². The third-order valence-corrected chi connectivity index (χ3v) is 3.84. The average Bonchev–Trinajstić information content (AvgIpc) is 2.56. The van der Waals surface area contributed by atoms with E-state index >= 15 is 0 Å². The molecule has 2 aromatic rings. The minimum atomic E-state index is -0.246. The number of nitrogen functional groups attached to an aromatic ring is 1. The molecular weight excluding hydrogens is 354 g/mol. The second-order valence-electron chi connectivity index (χ2n) is 5.22. The number of amides is 1. The van der Waals surface area contributed by atoms with E-state index in [-0.39, 0.29) is 36.5 Å². The smallest absolute Gasteiger partial charge is 0.257 e. The van der Waals surface area contributed by atoms with Gasteiger partial charge >= 0.3 is 0 Å². The Balaban J connectivity index is 0.00000144. The minimum Gasteiger partial charge on any atom is -0.398 e. The van der Waals surface area contributed by atoms with Crippen LogP contribution >= 0.6 is 24.8 Å². The van der Waals surface area contributed by atoms with Crippen molar-refractivity contribution in [1.82, 2.24) is 9.88 Å². The molecule has 1 aromatic carbocycles. The van der Waals surface area contributed by atoms with Crippen molar-refractivity contribution in [3.05, 3.63) is 54.1 Å². The third-order valence-electron chi connectivity index (χ3n) is 3.84. The van der Waals surface area contributed by atoms with Crippen LogP contribution in [0.2, 0.25) is 0 Å². The van der Waals surface area contributed by atoms with Crippen LogP contribution in [0, 0.1) is 5.82 Å². The second-order valence-corrected chi connectivity index (χ2v) is 5.22. The summed E-state index contributed by atoms with van der Waals surface area (Å²) in [7, 11) is 0. The monoisotopic (exact) mass is 372 g/mol. The van der Waals surface area contributed by atoms with Gasteiger partial charge in [0.1, 0.15) is 5.82 Å². The lowest BCUT2D eigenvalue weighted by Gasteiger charge is -2.36. The molecule has 0 radical (unpaired) electrons. The van der Waals surface area contributed by atoms with Crippen molar-refractivity contribution in [2.45, 2.75) is 0 Å². The zero-order valence-corrected chi connectivity index (χ0v) is 14.5. The van der Waals surface area contributed by atoms with Gasteiger partial charge in [-0.25, -0.2) is 4.39 Å². The molecule has 3 rings (SSSR count). The maximum Gasteiger partial charge on any atom is 0.257 e. The number of benzene rings is 1. The summed E-state index contributed by atoms with van der Waals surface area (Å²) in [4.78, 5) is 20.3. The Bertz CT molecular complexity index is 676. The van der Waals surface area contributed by atoms with Crippen molar-refractivity contribution >= 4 is 42.1 Å². The van der Waals surface area contributed by atoms with E-state index in [2.05, 4.69) is 9.88 Å². The fraction of sp³-hybridized carbons (Fsp3) is 0.250. The predicted molar refractivity (Wildman–Crippen MR) is 97.7 cm³/mol. The van der Waals surface area contributed by atoms with Gasteiger partial charge in [-0.15, -0.1) is 24.8 Å². The maximum absolute atomic E-state index is 13.0. The first-order valence-electron chi connectivity index (χ1n) is 7.14. The highest BCUT2D eigenvalue weighted by Crippen LogP contribution is 2.19. The van der Waals surface area contributed by atoms with Crippen molar-refractivity contribution in [3.8, 4) is 0 Å². The molecule has 1 aliphatic heterocycles. The van der Waals surface area contributed by atoms with Gasteiger partial charge in [0.2, 0.25) is 0 Å². The number of piperazine rings is 1. The molecule has 1 fully saturated rings. The molecule has 1 aromatic heterocycles. The summed E-state index contributed by atoms with van der Waals surface area (Å²) in [5.74, 6) is -0.339.